The third kappa shape index (κ3) is 2.53. The molecule has 0 heterocycles. The minimum atomic E-state index is -0.460. The van der Waals surface area contributed by atoms with Crippen molar-refractivity contribution in [2.45, 2.75) is 37.8 Å². The van der Waals surface area contributed by atoms with E-state index in [9.17, 15) is 9.50 Å². The van der Waals surface area contributed by atoms with Gasteiger partial charge in [0.15, 0.2) is 0 Å². The van der Waals surface area contributed by atoms with Crippen LogP contribution in [0.25, 0.3) is 0 Å². The van der Waals surface area contributed by atoms with E-state index in [0.717, 1.165) is 25.7 Å². The second-order valence-electron chi connectivity index (χ2n) is 4.89. The highest BCUT2D eigenvalue weighted by atomic mass is 19.1. The maximum Gasteiger partial charge on any atom is 0.145 e. The average molecular weight is 248 g/mol. The summed E-state index contributed by atoms with van der Waals surface area (Å²) in [5.74, 6) is -0.460. The molecule has 0 spiro atoms. The van der Waals surface area contributed by atoms with Crippen molar-refractivity contribution in [1.82, 2.24) is 5.32 Å². The Balaban J connectivity index is 2.08. The van der Waals surface area contributed by atoms with Crippen LogP contribution in [-0.2, 0) is 6.54 Å². The van der Waals surface area contributed by atoms with E-state index < -0.39 is 5.82 Å². The fourth-order valence-corrected chi connectivity index (χ4v) is 2.53. The number of rotatable bonds is 4. The van der Waals surface area contributed by atoms with Crippen molar-refractivity contribution in [3.05, 3.63) is 35.1 Å². The zero-order valence-corrected chi connectivity index (χ0v) is 10.2. The Labute approximate surface area is 106 Å². The molecule has 0 amide bonds. The molecule has 0 bridgehead atoms. The van der Waals surface area contributed by atoms with E-state index >= 15 is 0 Å². The lowest BCUT2D eigenvalue weighted by atomic mass is 9.98. The van der Waals surface area contributed by atoms with Crippen LogP contribution < -0.4 is 5.32 Å². The van der Waals surface area contributed by atoms with Gasteiger partial charge in [-0.1, -0.05) is 25.0 Å². The van der Waals surface area contributed by atoms with Gasteiger partial charge in [-0.3, -0.25) is 0 Å². The fraction of sp³-hybridized carbons (Fsp3) is 0.500. The third-order valence-electron chi connectivity index (χ3n) is 3.72. The van der Waals surface area contributed by atoms with Crippen LogP contribution in [-0.4, -0.2) is 17.3 Å². The number of hydrogen-bond acceptors (Lipinski definition) is 3. The summed E-state index contributed by atoms with van der Waals surface area (Å²) in [6.45, 7) is 0.425. The molecule has 18 heavy (non-hydrogen) atoms. The van der Waals surface area contributed by atoms with E-state index in [1.165, 1.54) is 6.07 Å². The smallest absolute Gasteiger partial charge is 0.145 e. The topological polar surface area (TPSA) is 56.0 Å². The summed E-state index contributed by atoms with van der Waals surface area (Å²) in [6, 6.07) is 6.65. The summed E-state index contributed by atoms with van der Waals surface area (Å²) >= 11 is 0. The first-order chi connectivity index (χ1) is 8.71. The Morgan fingerprint density at radius 3 is 2.72 bits per heavy atom. The summed E-state index contributed by atoms with van der Waals surface area (Å²) < 4.78 is 13.9. The molecule has 1 aromatic rings. The second-order valence-corrected chi connectivity index (χ2v) is 4.89. The summed E-state index contributed by atoms with van der Waals surface area (Å²) in [6.07, 6.45) is 4.02. The lowest BCUT2D eigenvalue weighted by Gasteiger charge is -2.28. The molecule has 1 saturated carbocycles. The molecular formula is C14H17FN2O. The molecule has 0 unspecified atom stereocenters. The predicted octanol–water partition coefficient (Wildman–Crippen LogP) is 2.09. The number of nitrogens with one attached hydrogen (secondary N) is 1. The summed E-state index contributed by atoms with van der Waals surface area (Å²) in [5, 5.41) is 21.5. The number of aliphatic hydroxyl groups excluding tert-OH is 1. The number of benzene rings is 1. The standard InChI is InChI=1S/C14H17FN2O/c15-13-11(8-16)4-3-5-12(13)9-17-14(10-18)6-1-2-7-14/h3-5,17-18H,1-2,6-7,9-10H2. The molecule has 0 aliphatic heterocycles. The van der Waals surface area contributed by atoms with E-state index in [0.29, 0.717) is 12.1 Å². The molecule has 2 N–H and O–H groups in total. The van der Waals surface area contributed by atoms with Gasteiger partial charge < -0.3 is 10.4 Å². The lowest BCUT2D eigenvalue weighted by Crippen LogP contribution is -2.45. The minimum absolute atomic E-state index is 0.0683. The highest BCUT2D eigenvalue weighted by molar-refractivity contribution is 5.35. The van der Waals surface area contributed by atoms with Gasteiger partial charge in [0.1, 0.15) is 11.9 Å². The molecule has 96 valence electrons. The Morgan fingerprint density at radius 2 is 2.11 bits per heavy atom. The number of nitriles is 1. The van der Waals surface area contributed by atoms with Crippen LogP contribution in [0.5, 0.6) is 0 Å². The van der Waals surface area contributed by atoms with Crippen LogP contribution in [0.2, 0.25) is 0 Å². The molecule has 3 nitrogen and oxygen atoms in total. The molecule has 0 saturated heterocycles. The Bertz CT molecular complexity index is 461. The van der Waals surface area contributed by atoms with E-state index in [1.54, 1.807) is 12.1 Å². The summed E-state index contributed by atoms with van der Waals surface area (Å²) in [4.78, 5) is 0. The van der Waals surface area contributed by atoms with Crippen molar-refractivity contribution in [3.8, 4) is 6.07 Å². The molecule has 0 radical (unpaired) electrons. The van der Waals surface area contributed by atoms with Gasteiger partial charge in [-0.25, -0.2) is 4.39 Å². The molecule has 1 aliphatic rings. The number of aliphatic hydroxyl groups is 1. The second kappa shape index (κ2) is 5.47. The van der Waals surface area contributed by atoms with E-state index in [-0.39, 0.29) is 17.7 Å². The Morgan fingerprint density at radius 1 is 1.39 bits per heavy atom. The van der Waals surface area contributed by atoms with Crippen molar-refractivity contribution >= 4 is 0 Å². The van der Waals surface area contributed by atoms with Crippen LogP contribution in [0, 0.1) is 17.1 Å². The van der Waals surface area contributed by atoms with Crippen molar-refractivity contribution in [2.24, 2.45) is 0 Å². The largest absolute Gasteiger partial charge is 0.394 e. The van der Waals surface area contributed by atoms with E-state index in [1.807, 2.05) is 6.07 Å². The molecule has 1 fully saturated rings. The van der Waals surface area contributed by atoms with Crippen LogP contribution in [0.15, 0.2) is 18.2 Å². The molecule has 4 heteroatoms. The Hall–Kier alpha value is -1.44. The van der Waals surface area contributed by atoms with Crippen LogP contribution in [0.4, 0.5) is 4.39 Å². The van der Waals surface area contributed by atoms with Crippen LogP contribution >= 0.6 is 0 Å². The fourth-order valence-electron chi connectivity index (χ4n) is 2.53. The first-order valence-corrected chi connectivity index (χ1v) is 6.24. The summed E-state index contributed by atoms with van der Waals surface area (Å²) in [7, 11) is 0. The zero-order valence-electron chi connectivity index (χ0n) is 10.2. The molecule has 0 atom stereocenters. The number of nitrogens with zero attached hydrogens (tertiary/aromatic N) is 1. The van der Waals surface area contributed by atoms with Crippen molar-refractivity contribution in [3.63, 3.8) is 0 Å². The third-order valence-corrected chi connectivity index (χ3v) is 3.72. The van der Waals surface area contributed by atoms with Gasteiger partial charge in [0.2, 0.25) is 0 Å². The van der Waals surface area contributed by atoms with E-state index in [4.69, 9.17) is 5.26 Å². The van der Waals surface area contributed by atoms with Crippen molar-refractivity contribution in [1.29, 1.82) is 5.26 Å². The summed E-state index contributed by atoms with van der Waals surface area (Å²) in [5.41, 5.74) is 0.280. The monoisotopic (exact) mass is 248 g/mol. The molecule has 1 aliphatic carbocycles. The van der Waals surface area contributed by atoms with E-state index in [2.05, 4.69) is 5.32 Å². The van der Waals surface area contributed by atoms with Crippen LogP contribution in [0.3, 0.4) is 0 Å². The van der Waals surface area contributed by atoms with Gasteiger partial charge in [0, 0.05) is 17.6 Å². The maximum atomic E-state index is 13.9. The first kappa shape index (κ1) is 13.0. The lowest BCUT2D eigenvalue weighted by molar-refractivity contribution is 0.162. The minimum Gasteiger partial charge on any atom is -0.394 e. The zero-order chi connectivity index (χ0) is 13.0. The highest BCUT2D eigenvalue weighted by Crippen LogP contribution is 2.29. The van der Waals surface area contributed by atoms with Gasteiger partial charge in [0.05, 0.1) is 12.2 Å². The molecule has 1 aromatic carbocycles. The van der Waals surface area contributed by atoms with Gasteiger partial charge >= 0.3 is 0 Å². The van der Waals surface area contributed by atoms with Crippen molar-refractivity contribution in [2.75, 3.05) is 6.61 Å². The normalized spacial score (nSPS) is 17.6. The average Bonchev–Trinajstić information content (AvgIpc) is 2.87. The van der Waals surface area contributed by atoms with Gasteiger partial charge in [-0.05, 0) is 18.9 Å². The van der Waals surface area contributed by atoms with Gasteiger partial charge in [-0.2, -0.15) is 5.26 Å². The molecule has 2 rings (SSSR count). The SMILES string of the molecule is N#Cc1cccc(CNC2(CO)CCCC2)c1F. The quantitative estimate of drug-likeness (QED) is 0.857. The van der Waals surface area contributed by atoms with Crippen LogP contribution in [0.1, 0.15) is 36.8 Å². The predicted molar refractivity (Wildman–Crippen MR) is 66.2 cm³/mol. The van der Waals surface area contributed by atoms with Crippen molar-refractivity contribution < 1.29 is 9.50 Å². The maximum absolute atomic E-state index is 13.9. The number of halogens is 1. The van der Waals surface area contributed by atoms with Gasteiger partial charge in [0.25, 0.3) is 0 Å². The highest BCUT2D eigenvalue weighted by Gasteiger charge is 2.32. The molecule has 0 aromatic heterocycles. The van der Waals surface area contributed by atoms with Gasteiger partial charge in [-0.15, -0.1) is 0 Å². The first-order valence-electron chi connectivity index (χ1n) is 6.24. The number of hydrogen-bond donors (Lipinski definition) is 2. The Kier molecular flexibility index (Phi) is 3.95. The molecular weight excluding hydrogens is 231 g/mol.